The molecule has 0 saturated carbocycles. The SMILES string of the molecule is N#Cc1cnn(CCOc2ccc(N3CCC(c4ccc5nnc(C(F)(F)F)n5n4)CC3)cc2)c1. The molecule has 0 aliphatic carbocycles. The summed E-state index contributed by atoms with van der Waals surface area (Å²) in [5.41, 5.74) is 2.27. The Labute approximate surface area is 198 Å². The molecule has 3 aromatic heterocycles. The van der Waals surface area contributed by atoms with Gasteiger partial charge >= 0.3 is 6.18 Å². The highest BCUT2D eigenvalue weighted by Crippen LogP contribution is 2.32. The lowest BCUT2D eigenvalue weighted by atomic mass is 9.93. The van der Waals surface area contributed by atoms with E-state index in [-0.39, 0.29) is 11.6 Å². The highest BCUT2D eigenvalue weighted by molar-refractivity contribution is 5.49. The van der Waals surface area contributed by atoms with Crippen LogP contribution in [0, 0.1) is 11.3 Å². The number of benzene rings is 1. The normalized spacial score (nSPS) is 14.9. The number of hydrogen-bond acceptors (Lipinski definition) is 7. The van der Waals surface area contributed by atoms with Crippen LogP contribution >= 0.6 is 0 Å². The lowest BCUT2D eigenvalue weighted by Gasteiger charge is -2.33. The lowest BCUT2D eigenvalue weighted by molar-refractivity contribution is -0.146. The van der Waals surface area contributed by atoms with E-state index < -0.39 is 12.0 Å². The van der Waals surface area contributed by atoms with E-state index in [0.29, 0.717) is 24.4 Å². The van der Waals surface area contributed by atoms with E-state index >= 15 is 0 Å². The lowest BCUT2D eigenvalue weighted by Crippen LogP contribution is -2.33. The molecule has 0 radical (unpaired) electrons. The first-order valence-corrected chi connectivity index (χ1v) is 11.1. The zero-order valence-corrected chi connectivity index (χ0v) is 18.6. The van der Waals surface area contributed by atoms with E-state index in [2.05, 4.69) is 25.3 Å². The first kappa shape index (κ1) is 22.6. The van der Waals surface area contributed by atoms with Crippen LogP contribution in [0.3, 0.4) is 0 Å². The van der Waals surface area contributed by atoms with Crippen molar-refractivity contribution in [3.8, 4) is 11.8 Å². The Morgan fingerprint density at radius 2 is 1.83 bits per heavy atom. The molecule has 1 aromatic carbocycles. The van der Waals surface area contributed by atoms with Gasteiger partial charge in [0.2, 0.25) is 0 Å². The Balaban J connectivity index is 1.16. The van der Waals surface area contributed by atoms with Gasteiger partial charge in [0, 0.05) is 30.9 Å². The molecule has 1 fully saturated rings. The largest absolute Gasteiger partial charge is 0.492 e. The Bertz CT molecular complexity index is 1350. The van der Waals surface area contributed by atoms with Gasteiger partial charge in [0.25, 0.3) is 5.82 Å². The first-order valence-electron chi connectivity index (χ1n) is 11.1. The Morgan fingerprint density at radius 3 is 2.51 bits per heavy atom. The number of hydrogen-bond donors (Lipinski definition) is 0. The van der Waals surface area contributed by atoms with Crippen LogP contribution in [0.5, 0.6) is 5.75 Å². The molecule has 0 amide bonds. The number of halogens is 3. The molecule has 0 spiro atoms. The summed E-state index contributed by atoms with van der Waals surface area (Å²) in [5.74, 6) is -0.306. The summed E-state index contributed by atoms with van der Waals surface area (Å²) in [6.07, 6.45) is 0.125. The second-order valence-electron chi connectivity index (χ2n) is 8.26. The van der Waals surface area contributed by atoms with Crippen LogP contribution in [-0.4, -0.2) is 49.3 Å². The molecule has 180 valence electrons. The molecule has 1 aliphatic rings. The minimum Gasteiger partial charge on any atom is -0.492 e. The molecule has 0 unspecified atom stereocenters. The quantitative estimate of drug-likeness (QED) is 0.414. The number of alkyl halides is 3. The van der Waals surface area contributed by atoms with E-state index in [1.165, 1.54) is 12.3 Å². The maximum absolute atomic E-state index is 13.2. The van der Waals surface area contributed by atoms with Crippen molar-refractivity contribution in [3.05, 3.63) is 65.9 Å². The number of nitrogens with zero attached hydrogens (tertiary/aromatic N) is 8. The van der Waals surface area contributed by atoms with E-state index in [1.54, 1.807) is 16.9 Å². The van der Waals surface area contributed by atoms with Crippen LogP contribution in [0.15, 0.2) is 48.8 Å². The number of anilines is 1. The van der Waals surface area contributed by atoms with Crippen molar-refractivity contribution in [3.63, 3.8) is 0 Å². The highest BCUT2D eigenvalue weighted by atomic mass is 19.4. The predicted octanol–water partition coefficient (Wildman–Crippen LogP) is 3.67. The van der Waals surface area contributed by atoms with Crippen molar-refractivity contribution >= 4 is 11.3 Å². The molecule has 4 heterocycles. The van der Waals surface area contributed by atoms with Gasteiger partial charge in [-0.2, -0.15) is 33.1 Å². The monoisotopic (exact) mass is 482 g/mol. The second-order valence-corrected chi connectivity index (χ2v) is 8.26. The average Bonchev–Trinajstić information content (AvgIpc) is 3.51. The fourth-order valence-electron chi connectivity index (χ4n) is 4.18. The summed E-state index contributed by atoms with van der Waals surface area (Å²) in [6, 6.07) is 13.1. The molecule has 0 atom stereocenters. The molecule has 0 N–H and O–H groups in total. The van der Waals surface area contributed by atoms with Crippen molar-refractivity contribution in [2.24, 2.45) is 0 Å². The smallest absolute Gasteiger partial charge is 0.453 e. The van der Waals surface area contributed by atoms with Gasteiger partial charge < -0.3 is 9.64 Å². The van der Waals surface area contributed by atoms with Gasteiger partial charge in [-0.3, -0.25) is 4.68 Å². The van der Waals surface area contributed by atoms with Crippen LogP contribution in [0.25, 0.3) is 5.65 Å². The zero-order chi connectivity index (χ0) is 24.4. The van der Waals surface area contributed by atoms with E-state index in [0.717, 1.165) is 41.9 Å². The van der Waals surface area contributed by atoms with Crippen molar-refractivity contribution in [1.29, 1.82) is 5.26 Å². The zero-order valence-electron chi connectivity index (χ0n) is 18.6. The summed E-state index contributed by atoms with van der Waals surface area (Å²) in [5, 5.41) is 23.9. The third-order valence-electron chi connectivity index (χ3n) is 6.00. The van der Waals surface area contributed by atoms with Gasteiger partial charge in [-0.05, 0) is 49.2 Å². The average molecular weight is 482 g/mol. The van der Waals surface area contributed by atoms with Crippen LogP contribution in [0.2, 0.25) is 0 Å². The molecular formula is C23H21F3N8O. The van der Waals surface area contributed by atoms with Gasteiger partial charge in [-0.1, -0.05) is 0 Å². The molecule has 35 heavy (non-hydrogen) atoms. The third kappa shape index (κ3) is 4.89. The molecule has 12 heteroatoms. The summed E-state index contributed by atoms with van der Waals surface area (Å²) in [7, 11) is 0. The van der Waals surface area contributed by atoms with Crippen LogP contribution in [0.1, 0.15) is 35.8 Å². The minimum absolute atomic E-state index is 0.0607. The van der Waals surface area contributed by atoms with Crippen LogP contribution in [0.4, 0.5) is 18.9 Å². The predicted molar refractivity (Wildman–Crippen MR) is 119 cm³/mol. The standard InChI is InChI=1S/C23H21F3N8O/c24-23(25,26)22-30-29-21-6-5-20(31-34(21)22)17-7-9-32(10-8-17)18-1-3-19(4-2-18)35-12-11-33-15-16(13-27)14-28-33/h1-6,14-15,17H,7-12H2. The van der Waals surface area contributed by atoms with Gasteiger partial charge in [0.15, 0.2) is 5.65 Å². The molecule has 4 aromatic rings. The van der Waals surface area contributed by atoms with E-state index in [1.807, 2.05) is 30.3 Å². The Morgan fingerprint density at radius 1 is 1.06 bits per heavy atom. The molecular weight excluding hydrogens is 461 g/mol. The van der Waals surface area contributed by atoms with Gasteiger partial charge in [-0.15, -0.1) is 10.2 Å². The fraction of sp³-hybridized carbons (Fsp3) is 0.348. The maximum Gasteiger partial charge on any atom is 0.453 e. The number of ether oxygens (including phenoxy) is 1. The number of nitriles is 1. The number of piperidine rings is 1. The topological polar surface area (TPSA) is 97.2 Å². The van der Waals surface area contributed by atoms with Gasteiger partial charge in [0.05, 0.1) is 24.0 Å². The second kappa shape index (κ2) is 9.25. The van der Waals surface area contributed by atoms with Crippen LogP contribution in [-0.2, 0) is 12.7 Å². The van der Waals surface area contributed by atoms with Crippen LogP contribution < -0.4 is 9.64 Å². The number of rotatable bonds is 6. The minimum atomic E-state index is -4.61. The summed E-state index contributed by atoms with van der Waals surface area (Å²) in [4.78, 5) is 2.24. The fourth-order valence-corrected chi connectivity index (χ4v) is 4.18. The number of aromatic nitrogens is 6. The maximum atomic E-state index is 13.2. The van der Waals surface area contributed by atoms with Crippen molar-refractivity contribution in [1.82, 2.24) is 29.6 Å². The van der Waals surface area contributed by atoms with Gasteiger partial charge in [0.1, 0.15) is 18.4 Å². The molecule has 1 aliphatic heterocycles. The third-order valence-corrected chi connectivity index (χ3v) is 6.00. The van der Waals surface area contributed by atoms with Gasteiger partial charge in [-0.25, -0.2) is 0 Å². The van der Waals surface area contributed by atoms with E-state index in [4.69, 9.17) is 10.00 Å². The van der Waals surface area contributed by atoms with Crippen molar-refractivity contribution in [2.75, 3.05) is 24.6 Å². The Hall–Kier alpha value is -4.14. The van der Waals surface area contributed by atoms with Crippen molar-refractivity contribution in [2.45, 2.75) is 31.5 Å². The summed E-state index contributed by atoms with van der Waals surface area (Å²) in [6.45, 7) is 2.49. The molecule has 1 saturated heterocycles. The summed E-state index contributed by atoms with van der Waals surface area (Å²) < 4.78 is 47.7. The molecule has 0 bridgehead atoms. The first-order chi connectivity index (χ1) is 16.9. The highest BCUT2D eigenvalue weighted by Gasteiger charge is 2.38. The number of fused-ring (bicyclic) bond motifs is 1. The summed E-state index contributed by atoms with van der Waals surface area (Å²) >= 11 is 0. The van der Waals surface area contributed by atoms with Crippen molar-refractivity contribution < 1.29 is 17.9 Å². The molecule has 5 rings (SSSR count). The van der Waals surface area contributed by atoms with E-state index in [9.17, 15) is 13.2 Å². The Kier molecular flexibility index (Phi) is 5.98. The molecule has 9 nitrogen and oxygen atoms in total.